The molecule has 2 aromatic rings. The second-order valence-electron chi connectivity index (χ2n) is 5.69. The zero-order valence-electron chi connectivity index (χ0n) is 14.0. The van der Waals surface area contributed by atoms with Crippen LogP contribution in [-0.4, -0.2) is 44.8 Å². The van der Waals surface area contributed by atoms with Crippen LogP contribution in [0.15, 0.2) is 30.5 Å². The third kappa shape index (κ3) is 5.24. The van der Waals surface area contributed by atoms with Crippen LogP contribution in [0.2, 0.25) is 5.02 Å². The summed E-state index contributed by atoms with van der Waals surface area (Å²) >= 11 is 7.19. The molecule has 134 valence electrons. The number of halogens is 1. The van der Waals surface area contributed by atoms with Gasteiger partial charge in [-0.2, -0.15) is 5.10 Å². The first kappa shape index (κ1) is 19.3. The monoisotopic (exact) mass is 381 g/mol. The van der Waals surface area contributed by atoms with E-state index in [1.165, 1.54) is 11.8 Å². The van der Waals surface area contributed by atoms with E-state index in [2.05, 4.69) is 10.4 Å². The molecule has 1 amide bonds. The third-order valence-electron chi connectivity index (χ3n) is 3.43. The predicted octanol–water partition coefficient (Wildman–Crippen LogP) is 3.20. The van der Waals surface area contributed by atoms with Crippen LogP contribution < -0.4 is 5.32 Å². The lowest BCUT2D eigenvalue weighted by Crippen LogP contribution is -2.27. The molecule has 0 aliphatic rings. The Labute approximate surface area is 155 Å². The Kier molecular flexibility index (Phi) is 6.90. The lowest BCUT2D eigenvalue weighted by molar-refractivity contribution is -0.133. The standard InChI is InChI=1S/C17H20ClN3O3S/c1-11(2)16-14(17(24)19-7-8-25-10-15(22)23)9-20-21(16)13-5-3-12(18)4-6-13/h3-6,9,11H,7-8,10H2,1-2H3,(H,19,24)(H,22,23). The van der Waals surface area contributed by atoms with Crippen molar-refractivity contribution < 1.29 is 14.7 Å². The van der Waals surface area contributed by atoms with Crippen molar-refractivity contribution in [3.63, 3.8) is 0 Å². The van der Waals surface area contributed by atoms with E-state index in [1.807, 2.05) is 26.0 Å². The number of benzene rings is 1. The van der Waals surface area contributed by atoms with Crippen LogP contribution in [0.25, 0.3) is 5.69 Å². The molecule has 0 aliphatic heterocycles. The summed E-state index contributed by atoms with van der Waals surface area (Å²) < 4.78 is 1.75. The summed E-state index contributed by atoms with van der Waals surface area (Å²) in [7, 11) is 0. The van der Waals surface area contributed by atoms with Crippen LogP contribution in [0.1, 0.15) is 35.8 Å². The highest BCUT2D eigenvalue weighted by atomic mass is 35.5. The molecule has 0 fully saturated rings. The first-order valence-corrected chi connectivity index (χ1v) is 9.35. The Balaban J connectivity index is 2.11. The molecule has 8 heteroatoms. The van der Waals surface area contributed by atoms with Crippen molar-refractivity contribution in [1.29, 1.82) is 0 Å². The SMILES string of the molecule is CC(C)c1c(C(=O)NCCSCC(=O)O)cnn1-c1ccc(Cl)cc1. The number of carboxylic acids is 1. The lowest BCUT2D eigenvalue weighted by atomic mass is 10.1. The van der Waals surface area contributed by atoms with E-state index in [4.69, 9.17) is 16.7 Å². The van der Waals surface area contributed by atoms with Crippen LogP contribution in [0.5, 0.6) is 0 Å². The molecule has 0 unspecified atom stereocenters. The second-order valence-corrected chi connectivity index (χ2v) is 7.23. The average Bonchev–Trinajstić information content (AvgIpc) is 3.00. The molecule has 0 radical (unpaired) electrons. The fraction of sp³-hybridized carbons (Fsp3) is 0.353. The zero-order chi connectivity index (χ0) is 18.4. The molecule has 0 saturated heterocycles. The number of hydrogen-bond donors (Lipinski definition) is 2. The largest absolute Gasteiger partial charge is 0.481 e. The molecule has 2 N–H and O–H groups in total. The summed E-state index contributed by atoms with van der Waals surface area (Å²) in [6, 6.07) is 7.26. The maximum absolute atomic E-state index is 12.5. The molecule has 25 heavy (non-hydrogen) atoms. The summed E-state index contributed by atoms with van der Waals surface area (Å²) in [6.07, 6.45) is 1.56. The van der Waals surface area contributed by atoms with Gasteiger partial charge in [0.2, 0.25) is 0 Å². The Morgan fingerprint density at radius 3 is 2.60 bits per heavy atom. The molecule has 6 nitrogen and oxygen atoms in total. The molecule has 1 aromatic carbocycles. The number of rotatable bonds is 8. The summed E-state index contributed by atoms with van der Waals surface area (Å²) in [6.45, 7) is 4.41. The number of aliphatic carboxylic acids is 1. The van der Waals surface area contributed by atoms with Gasteiger partial charge in [0, 0.05) is 17.3 Å². The van der Waals surface area contributed by atoms with Crippen molar-refractivity contribution >= 4 is 35.2 Å². The first-order valence-electron chi connectivity index (χ1n) is 7.81. The highest BCUT2D eigenvalue weighted by Gasteiger charge is 2.20. The number of thioether (sulfide) groups is 1. The van der Waals surface area contributed by atoms with Crippen molar-refractivity contribution in [2.45, 2.75) is 19.8 Å². The number of aromatic nitrogens is 2. The smallest absolute Gasteiger partial charge is 0.313 e. The van der Waals surface area contributed by atoms with Gasteiger partial charge in [-0.3, -0.25) is 9.59 Å². The van der Waals surface area contributed by atoms with E-state index < -0.39 is 5.97 Å². The van der Waals surface area contributed by atoms with Crippen molar-refractivity contribution in [2.24, 2.45) is 0 Å². The van der Waals surface area contributed by atoms with Gasteiger partial charge in [0.05, 0.1) is 28.9 Å². The lowest BCUT2D eigenvalue weighted by Gasteiger charge is -2.13. The minimum Gasteiger partial charge on any atom is -0.481 e. The third-order valence-corrected chi connectivity index (χ3v) is 4.62. The molecule has 0 saturated carbocycles. The van der Waals surface area contributed by atoms with Gasteiger partial charge in [-0.1, -0.05) is 25.4 Å². The molecular formula is C17H20ClN3O3S. The van der Waals surface area contributed by atoms with Gasteiger partial charge in [0.25, 0.3) is 5.91 Å². The summed E-state index contributed by atoms with van der Waals surface area (Å²) in [5, 5.41) is 16.4. The molecule has 0 spiro atoms. The number of carboxylic acid groups (broad SMARTS) is 1. The average molecular weight is 382 g/mol. The maximum Gasteiger partial charge on any atom is 0.313 e. The molecule has 1 heterocycles. The number of nitrogens with zero attached hydrogens (tertiary/aromatic N) is 2. The van der Waals surface area contributed by atoms with E-state index in [1.54, 1.807) is 23.0 Å². The predicted molar refractivity (Wildman–Crippen MR) is 100.0 cm³/mol. The number of carbonyl (C=O) groups excluding carboxylic acids is 1. The van der Waals surface area contributed by atoms with Crippen LogP contribution in [0, 0.1) is 0 Å². The van der Waals surface area contributed by atoms with E-state index in [9.17, 15) is 9.59 Å². The molecule has 0 atom stereocenters. The number of nitrogens with one attached hydrogen (secondary N) is 1. The second kappa shape index (κ2) is 8.92. The van der Waals surface area contributed by atoms with Gasteiger partial charge in [-0.25, -0.2) is 4.68 Å². The normalized spacial score (nSPS) is 10.9. The van der Waals surface area contributed by atoms with Crippen molar-refractivity contribution in [1.82, 2.24) is 15.1 Å². The minimum absolute atomic E-state index is 0.0294. The summed E-state index contributed by atoms with van der Waals surface area (Å²) in [5.41, 5.74) is 2.18. The maximum atomic E-state index is 12.5. The van der Waals surface area contributed by atoms with Crippen LogP contribution >= 0.6 is 23.4 Å². The Morgan fingerprint density at radius 1 is 1.32 bits per heavy atom. The topological polar surface area (TPSA) is 84.2 Å². The van der Waals surface area contributed by atoms with Crippen molar-refractivity contribution in [3.8, 4) is 5.69 Å². The molecule has 2 rings (SSSR count). The number of hydrogen-bond acceptors (Lipinski definition) is 4. The molecule has 0 bridgehead atoms. The van der Waals surface area contributed by atoms with Gasteiger partial charge in [0.1, 0.15) is 0 Å². The van der Waals surface area contributed by atoms with E-state index in [0.29, 0.717) is 22.9 Å². The Hall–Kier alpha value is -1.99. The first-order chi connectivity index (χ1) is 11.9. The molecule has 0 aliphatic carbocycles. The van der Waals surface area contributed by atoms with Gasteiger partial charge in [-0.15, -0.1) is 11.8 Å². The van der Waals surface area contributed by atoms with Crippen LogP contribution in [0.4, 0.5) is 0 Å². The minimum atomic E-state index is -0.859. The van der Waals surface area contributed by atoms with Crippen LogP contribution in [0.3, 0.4) is 0 Å². The number of carbonyl (C=O) groups is 2. The Bertz CT molecular complexity index is 744. The summed E-state index contributed by atoms with van der Waals surface area (Å²) in [5.74, 6) is -0.398. The highest BCUT2D eigenvalue weighted by molar-refractivity contribution is 7.99. The van der Waals surface area contributed by atoms with Gasteiger partial charge < -0.3 is 10.4 Å². The molecule has 1 aromatic heterocycles. The van der Waals surface area contributed by atoms with Gasteiger partial charge >= 0.3 is 5.97 Å². The van der Waals surface area contributed by atoms with Gasteiger partial charge in [0.15, 0.2) is 0 Å². The van der Waals surface area contributed by atoms with E-state index in [0.717, 1.165) is 11.4 Å². The Morgan fingerprint density at radius 2 is 2.00 bits per heavy atom. The zero-order valence-corrected chi connectivity index (χ0v) is 15.6. The fourth-order valence-corrected chi connectivity index (χ4v) is 3.06. The molecular weight excluding hydrogens is 362 g/mol. The fourth-order valence-electron chi connectivity index (χ4n) is 2.37. The van der Waals surface area contributed by atoms with Crippen molar-refractivity contribution in [3.05, 3.63) is 46.7 Å². The quantitative estimate of drug-likeness (QED) is 0.686. The summed E-state index contributed by atoms with van der Waals surface area (Å²) in [4.78, 5) is 22.9. The highest BCUT2D eigenvalue weighted by Crippen LogP contribution is 2.24. The van der Waals surface area contributed by atoms with Crippen LogP contribution in [-0.2, 0) is 4.79 Å². The van der Waals surface area contributed by atoms with E-state index in [-0.39, 0.29) is 17.6 Å². The van der Waals surface area contributed by atoms with Gasteiger partial charge in [-0.05, 0) is 30.2 Å². The number of amides is 1. The van der Waals surface area contributed by atoms with Crippen molar-refractivity contribution in [2.75, 3.05) is 18.1 Å². The van der Waals surface area contributed by atoms with E-state index >= 15 is 0 Å².